The number of H-pyrrole nitrogens is 1. The molecule has 30 heavy (non-hydrogen) atoms. The molecule has 0 unspecified atom stereocenters. The maximum Gasteiger partial charge on any atom is 0.416 e. The predicted molar refractivity (Wildman–Crippen MR) is 111 cm³/mol. The van der Waals surface area contributed by atoms with Gasteiger partial charge < -0.3 is 11.1 Å². The molecule has 4 aromatic rings. The van der Waals surface area contributed by atoms with Crippen LogP contribution in [0.1, 0.15) is 16.7 Å². The van der Waals surface area contributed by atoms with Gasteiger partial charge in [-0.15, -0.1) is 10.2 Å². The predicted octanol–water partition coefficient (Wildman–Crippen LogP) is 4.39. The van der Waals surface area contributed by atoms with E-state index in [0.717, 1.165) is 44.7 Å². The second-order valence-corrected chi connectivity index (χ2v) is 8.05. The summed E-state index contributed by atoms with van der Waals surface area (Å²) in [5.41, 5.74) is 9.24. The molecule has 0 fully saturated rings. The van der Waals surface area contributed by atoms with Crippen molar-refractivity contribution in [2.45, 2.75) is 25.6 Å². The van der Waals surface area contributed by atoms with E-state index in [1.807, 2.05) is 19.1 Å². The highest BCUT2D eigenvalue weighted by atomic mass is 32.1. The second-order valence-electron chi connectivity index (χ2n) is 7.08. The average Bonchev–Trinajstić information content (AvgIpc) is 3.34. The number of aromatic nitrogens is 4. The van der Waals surface area contributed by atoms with Crippen LogP contribution in [0.5, 0.6) is 0 Å². The summed E-state index contributed by atoms with van der Waals surface area (Å²) in [7, 11) is 0. The molecule has 0 aliphatic heterocycles. The van der Waals surface area contributed by atoms with E-state index < -0.39 is 11.7 Å². The Kier molecular flexibility index (Phi) is 5.44. The molecule has 0 aliphatic rings. The molecule has 0 saturated heterocycles. The van der Waals surface area contributed by atoms with Crippen molar-refractivity contribution in [3.05, 3.63) is 59.3 Å². The number of alkyl halides is 3. The Labute approximate surface area is 174 Å². The van der Waals surface area contributed by atoms with Crippen molar-refractivity contribution in [2.75, 3.05) is 11.9 Å². The molecular weight excluding hydrogens is 413 g/mol. The zero-order valence-electron chi connectivity index (χ0n) is 16.0. The SMILES string of the molecule is Cc1cc2[nH]ncc2cc1-c1nnc(NC[C@H](N)Cc2ccc(C(F)(F)F)cc2)s1. The first-order valence-electron chi connectivity index (χ1n) is 9.23. The first-order valence-corrected chi connectivity index (χ1v) is 10.0. The number of aromatic amines is 1. The van der Waals surface area contributed by atoms with Crippen LogP contribution in [0.3, 0.4) is 0 Å². The van der Waals surface area contributed by atoms with Gasteiger partial charge in [-0.05, 0) is 48.7 Å². The van der Waals surface area contributed by atoms with Gasteiger partial charge in [0.15, 0.2) is 0 Å². The summed E-state index contributed by atoms with van der Waals surface area (Å²) >= 11 is 1.42. The van der Waals surface area contributed by atoms with Gasteiger partial charge in [-0.25, -0.2) is 0 Å². The number of hydrogen-bond donors (Lipinski definition) is 3. The summed E-state index contributed by atoms with van der Waals surface area (Å²) in [5.74, 6) is 0. The van der Waals surface area contributed by atoms with Crippen LogP contribution < -0.4 is 11.1 Å². The van der Waals surface area contributed by atoms with Gasteiger partial charge in [0.05, 0.1) is 17.3 Å². The van der Waals surface area contributed by atoms with Gasteiger partial charge in [0.1, 0.15) is 5.01 Å². The fraction of sp³-hybridized carbons (Fsp3) is 0.250. The molecule has 0 spiro atoms. The van der Waals surface area contributed by atoms with Gasteiger partial charge in [-0.1, -0.05) is 23.5 Å². The largest absolute Gasteiger partial charge is 0.416 e. The molecule has 0 bridgehead atoms. The molecule has 0 aliphatic carbocycles. The number of nitrogens with two attached hydrogens (primary N) is 1. The summed E-state index contributed by atoms with van der Waals surface area (Å²) in [4.78, 5) is 0. The van der Waals surface area contributed by atoms with Gasteiger partial charge in [0.25, 0.3) is 0 Å². The summed E-state index contributed by atoms with van der Waals surface area (Å²) in [5, 5.41) is 21.0. The third-order valence-electron chi connectivity index (χ3n) is 4.74. The zero-order chi connectivity index (χ0) is 21.3. The number of nitrogens with one attached hydrogen (secondary N) is 2. The van der Waals surface area contributed by atoms with Gasteiger partial charge in [-0.2, -0.15) is 18.3 Å². The monoisotopic (exact) mass is 432 g/mol. The Bertz CT molecular complexity index is 1150. The summed E-state index contributed by atoms with van der Waals surface area (Å²) in [6.45, 7) is 2.43. The maximum atomic E-state index is 12.6. The molecule has 4 N–H and O–H groups in total. The van der Waals surface area contributed by atoms with Crippen molar-refractivity contribution in [3.8, 4) is 10.6 Å². The van der Waals surface area contributed by atoms with Gasteiger partial charge >= 0.3 is 6.18 Å². The van der Waals surface area contributed by atoms with Crippen LogP contribution in [0.25, 0.3) is 21.5 Å². The molecule has 1 atom stereocenters. The smallest absolute Gasteiger partial charge is 0.359 e. The number of benzene rings is 2. The van der Waals surface area contributed by atoms with E-state index in [2.05, 4.69) is 25.7 Å². The minimum absolute atomic E-state index is 0.280. The van der Waals surface area contributed by atoms with Crippen molar-refractivity contribution < 1.29 is 13.2 Å². The number of nitrogens with zero attached hydrogens (tertiary/aromatic N) is 3. The van der Waals surface area contributed by atoms with E-state index in [4.69, 9.17) is 5.73 Å². The highest BCUT2D eigenvalue weighted by Gasteiger charge is 2.29. The number of aryl methyl sites for hydroxylation is 1. The van der Waals surface area contributed by atoms with E-state index >= 15 is 0 Å². The van der Waals surface area contributed by atoms with Gasteiger partial charge in [0, 0.05) is 23.5 Å². The van der Waals surface area contributed by atoms with E-state index in [-0.39, 0.29) is 6.04 Å². The molecule has 0 radical (unpaired) electrons. The average molecular weight is 432 g/mol. The summed E-state index contributed by atoms with van der Waals surface area (Å²) in [6, 6.07) is 8.83. The third kappa shape index (κ3) is 4.44. The standard InChI is InChI=1S/C20H19F3N6S/c1-11-6-17-13(9-26-27-17)8-16(11)18-28-29-19(30-18)25-10-15(24)7-12-2-4-14(5-3-12)20(21,22)23/h2-6,8-9,15H,7,10,24H2,1H3,(H,25,29)(H,26,27)/t15-/m1/s1. The molecular formula is C20H19F3N6S. The maximum absolute atomic E-state index is 12.6. The second kappa shape index (κ2) is 8.04. The molecule has 2 heterocycles. The van der Waals surface area contributed by atoms with Gasteiger partial charge in [0.2, 0.25) is 5.13 Å². The van der Waals surface area contributed by atoms with E-state index in [0.29, 0.717) is 18.1 Å². The Balaban J connectivity index is 1.37. The Hall–Kier alpha value is -2.98. The lowest BCUT2D eigenvalue weighted by atomic mass is 10.0. The van der Waals surface area contributed by atoms with Gasteiger partial charge in [-0.3, -0.25) is 5.10 Å². The number of hydrogen-bond acceptors (Lipinski definition) is 6. The molecule has 0 amide bonds. The zero-order valence-corrected chi connectivity index (χ0v) is 16.8. The van der Waals surface area contributed by atoms with Crippen LogP contribution in [0, 0.1) is 6.92 Å². The number of halogens is 3. The lowest BCUT2D eigenvalue weighted by Crippen LogP contribution is -2.31. The minimum Gasteiger partial charge on any atom is -0.359 e. The summed E-state index contributed by atoms with van der Waals surface area (Å²) < 4.78 is 37.9. The first kappa shape index (κ1) is 20.3. The van der Waals surface area contributed by atoms with Crippen molar-refractivity contribution in [1.82, 2.24) is 20.4 Å². The normalized spacial score (nSPS) is 13.0. The van der Waals surface area contributed by atoms with E-state index in [9.17, 15) is 13.2 Å². The molecule has 156 valence electrons. The first-order chi connectivity index (χ1) is 14.3. The lowest BCUT2D eigenvalue weighted by molar-refractivity contribution is -0.137. The molecule has 2 aromatic carbocycles. The fourth-order valence-corrected chi connectivity index (χ4v) is 3.99. The van der Waals surface area contributed by atoms with Crippen LogP contribution in [-0.2, 0) is 12.6 Å². The van der Waals surface area contributed by atoms with Crippen molar-refractivity contribution in [2.24, 2.45) is 5.73 Å². The minimum atomic E-state index is -4.34. The van der Waals surface area contributed by atoms with Crippen molar-refractivity contribution in [3.63, 3.8) is 0 Å². The van der Waals surface area contributed by atoms with Crippen molar-refractivity contribution in [1.29, 1.82) is 0 Å². The van der Waals surface area contributed by atoms with Crippen LogP contribution in [0.15, 0.2) is 42.6 Å². The van der Waals surface area contributed by atoms with Crippen LogP contribution in [0.2, 0.25) is 0 Å². The molecule has 10 heteroatoms. The molecule has 4 rings (SSSR count). The van der Waals surface area contributed by atoms with E-state index in [1.165, 1.54) is 23.5 Å². The molecule has 0 saturated carbocycles. The highest BCUT2D eigenvalue weighted by molar-refractivity contribution is 7.18. The third-order valence-corrected chi connectivity index (χ3v) is 5.65. The van der Waals surface area contributed by atoms with Crippen LogP contribution in [-0.4, -0.2) is 33.0 Å². The summed E-state index contributed by atoms with van der Waals surface area (Å²) in [6.07, 6.45) is -2.12. The topological polar surface area (TPSA) is 92.5 Å². The Morgan fingerprint density at radius 2 is 1.93 bits per heavy atom. The van der Waals surface area contributed by atoms with E-state index in [1.54, 1.807) is 6.20 Å². The number of fused-ring (bicyclic) bond motifs is 1. The van der Waals surface area contributed by atoms with Crippen LogP contribution in [0.4, 0.5) is 18.3 Å². The number of anilines is 1. The number of rotatable bonds is 6. The molecule has 2 aromatic heterocycles. The lowest BCUT2D eigenvalue weighted by Gasteiger charge is -2.13. The van der Waals surface area contributed by atoms with Crippen LogP contribution >= 0.6 is 11.3 Å². The highest BCUT2D eigenvalue weighted by Crippen LogP contribution is 2.32. The van der Waals surface area contributed by atoms with Crippen molar-refractivity contribution >= 4 is 27.4 Å². The Morgan fingerprint density at radius 1 is 1.17 bits per heavy atom. The Morgan fingerprint density at radius 3 is 2.67 bits per heavy atom. The fourth-order valence-electron chi connectivity index (χ4n) is 3.16. The quantitative estimate of drug-likeness (QED) is 0.420. The molecule has 6 nitrogen and oxygen atoms in total.